The number of hydrogen-bond acceptors (Lipinski definition) is 2. The minimum atomic E-state index is 0.283. The first-order chi connectivity index (χ1) is 8.31. The summed E-state index contributed by atoms with van der Waals surface area (Å²) in [5.74, 6) is 0.988. The molecule has 1 saturated heterocycles. The van der Waals surface area contributed by atoms with Crippen LogP contribution in [0.25, 0.3) is 0 Å². The Morgan fingerprint density at radius 3 is 2.88 bits per heavy atom. The molecule has 2 heteroatoms. The Morgan fingerprint density at radius 1 is 1.29 bits per heavy atom. The van der Waals surface area contributed by atoms with Gasteiger partial charge < -0.3 is 10.1 Å². The maximum Gasteiger partial charge on any atom is 0.0697 e. The van der Waals surface area contributed by atoms with Crippen LogP contribution in [0.1, 0.15) is 64.7 Å². The third-order valence-corrected chi connectivity index (χ3v) is 5.04. The Kier molecular flexibility index (Phi) is 3.45. The van der Waals surface area contributed by atoms with E-state index < -0.39 is 0 Å². The average molecular weight is 237 g/mol. The van der Waals surface area contributed by atoms with E-state index in [1.807, 2.05) is 0 Å². The molecule has 1 N–H and O–H groups in total. The second-order valence-corrected chi connectivity index (χ2v) is 6.49. The number of rotatable bonds is 4. The molecule has 3 rings (SSSR count). The summed E-state index contributed by atoms with van der Waals surface area (Å²) in [7, 11) is 0. The third-order valence-electron chi connectivity index (χ3n) is 5.04. The van der Waals surface area contributed by atoms with Gasteiger partial charge in [-0.15, -0.1) is 0 Å². The van der Waals surface area contributed by atoms with Gasteiger partial charge in [-0.3, -0.25) is 0 Å². The van der Waals surface area contributed by atoms with Gasteiger partial charge in [-0.1, -0.05) is 26.2 Å². The Balaban J connectivity index is 1.48. The molecule has 3 atom stereocenters. The van der Waals surface area contributed by atoms with Crippen LogP contribution >= 0.6 is 0 Å². The molecule has 2 aliphatic carbocycles. The fourth-order valence-corrected chi connectivity index (χ4v) is 3.98. The van der Waals surface area contributed by atoms with Gasteiger partial charge in [0.15, 0.2) is 0 Å². The van der Waals surface area contributed by atoms with Gasteiger partial charge in [0.1, 0.15) is 0 Å². The molecule has 0 bridgehead atoms. The molecule has 2 saturated carbocycles. The van der Waals surface area contributed by atoms with Crippen molar-refractivity contribution < 1.29 is 4.74 Å². The zero-order valence-corrected chi connectivity index (χ0v) is 11.2. The highest BCUT2D eigenvalue weighted by Crippen LogP contribution is 2.41. The van der Waals surface area contributed by atoms with Crippen LogP contribution in [0.5, 0.6) is 0 Å². The van der Waals surface area contributed by atoms with Crippen molar-refractivity contribution in [1.82, 2.24) is 5.32 Å². The van der Waals surface area contributed by atoms with Crippen molar-refractivity contribution in [3.8, 4) is 0 Å². The summed E-state index contributed by atoms with van der Waals surface area (Å²) in [5, 5.41) is 3.90. The Hall–Kier alpha value is -0.0800. The van der Waals surface area contributed by atoms with Crippen LogP contribution in [0.3, 0.4) is 0 Å². The van der Waals surface area contributed by atoms with Crippen LogP contribution in [-0.4, -0.2) is 24.3 Å². The van der Waals surface area contributed by atoms with Crippen molar-refractivity contribution in [3.05, 3.63) is 0 Å². The van der Waals surface area contributed by atoms with E-state index in [-0.39, 0.29) is 5.60 Å². The lowest BCUT2D eigenvalue weighted by atomic mass is 9.89. The number of nitrogens with one attached hydrogen (secondary N) is 1. The van der Waals surface area contributed by atoms with Crippen molar-refractivity contribution in [1.29, 1.82) is 0 Å². The monoisotopic (exact) mass is 237 g/mol. The number of ether oxygens (including phenoxy) is 1. The minimum absolute atomic E-state index is 0.283. The maximum absolute atomic E-state index is 6.09. The molecule has 98 valence electrons. The maximum atomic E-state index is 6.09. The Labute approximate surface area is 105 Å². The van der Waals surface area contributed by atoms with Gasteiger partial charge >= 0.3 is 0 Å². The van der Waals surface area contributed by atoms with E-state index in [1.165, 1.54) is 57.8 Å². The summed E-state index contributed by atoms with van der Waals surface area (Å²) in [6.07, 6.45) is 12.1. The van der Waals surface area contributed by atoms with E-state index in [9.17, 15) is 0 Å². The number of hydrogen-bond donors (Lipinski definition) is 1. The summed E-state index contributed by atoms with van der Waals surface area (Å²) in [6.45, 7) is 3.29. The van der Waals surface area contributed by atoms with Crippen LogP contribution in [0.4, 0.5) is 0 Å². The second kappa shape index (κ2) is 4.89. The van der Waals surface area contributed by atoms with E-state index in [0.29, 0.717) is 0 Å². The first-order valence-corrected chi connectivity index (χ1v) is 7.71. The van der Waals surface area contributed by atoms with Gasteiger partial charge in [0.2, 0.25) is 0 Å². The van der Waals surface area contributed by atoms with Gasteiger partial charge in [0, 0.05) is 18.7 Å². The highest BCUT2D eigenvalue weighted by Gasteiger charge is 2.43. The molecule has 0 radical (unpaired) electrons. The van der Waals surface area contributed by atoms with Gasteiger partial charge in [0.05, 0.1) is 5.60 Å². The van der Waals surface area contributed by atoms with Crippen LogP contribution in [0.2, 0.25) is 0 Å². The molecule has 17 heavy (non-hydrogen) atoms. The lowest BCUT2D eigenvalue weighted by Gasteiger charge is -2.38. The fourth-order valence-electron chi connectivity index (χ4n) is 3.98. The lowest BCUT2D eigenvalue weighted by molar-refractivity contribution is -0.0839. The quantitative estimate of drug-likeness (QED) is 0.810. The van der Waals surface area contributed by atoms with Crippen molar-refractivity contribution in [2.45, 2.75) is 82.4 Å². The molecular weight excluding hydrogens is 210 g/mol. The Morgan fingerprint density at radius 2 is 2.12 bits per heavy atom. The summed E-state index contributed by atoms with van der Waals surface area (Å²) < 4.78 is 6.09. The molecule has 1 aliphatic heterocycles. The van der Waals surface area contributed by atoms with Gasteiger partial charge in [0.25, 0.3) is 0 Å². The molecule has 3 aliphatic rings. The van der Waals surface area contributed by atoms with Gasteiger partial charge in [-0.25, -0.2) is 0 Å². The van der Waals surface area contributed by atoms with Crippen LogP contribution in [0, 0.1) is 5.92 Å². The zero-order chi connectivity index (χ0) is 11.7. The lowest BCUT2D eigenvalue weighted by Crippen LogP contribution is -2.46. The van der Waals surface area contributed by atoms with Gasteiger partial charge in [-0.2, -0.15) is 0 Å². The van der Waals surface area contributed by atoms with E-state index in [2.05, 4.69) is 12.2 Å². The molecule has 0 aromatic carbocycles. The molecule has 3 unspecified atom stereocenters. The van der Waals surface area contributed by atoms with Crippen LogP contribution < -0.4 is 5.32 Å². The highest BCUT2D eigenvalue weighted by atomic mass is 16.5. The summed E-state index contributed by atoms with van der Waals surface area (Å²) in [5.41, 5.74) is 0.283. The van der Waals surface area contributed by atoms with E-state index in [4.69, 9.17) is 4.74 Å². The molecule has 3 fully saturated rings. The zero-order valence-electron chi connectivity index (χ0n) is 11.2. The first kappa shape index (κ1) is 12.0. The summed E-state index contributed by atoms with van der Waals surface area (Å²) >= 11 is 0. The van der Waals surface area contributed by atoms with Crippen molar-refractivity contribution in [2.24, 2.45) is 5.92 Å². The second-order valence-electron chi connectivity index (χ2n) is 6.49. The molecule has 0 aromatic rings. The minimum Gasteiger partial charge on any atom is -0.375 e. The predicted molar refractivity (Wildman–Crippen MR) is 70.1 cm³/mol. The van der Waals surface area contributed by atoms with Crippen molar-refractivity contribution >= 4 is 0 Å². The van der Waals surface area contributed by atoms with Crippen molar-refractivity contribution in [2.75, 3.05) is 6.61 Å². The normalized spacial score (nSPS) is 39.7. The molecular formula is C15H27NO. The smallest absolute Gasteiger partial charge is 0.0697 e. The largest absolute Gasteiger partial charge is 0.375 e. The summed E-state index contributed by atoms with van der Waals surface area (Å²) in [4.78, 5) is 0. The van der Waals surface area contributed by atoms with Crippen LogP contribution in [-0.2, 0) is 4.74 Å². The fraction of sp³-hybridized carbons (Fsp3) is 1.00. The SMILES string of the molecule is CCCC1CC1NC1CCOC2(CCCC2)C1. The third kappa shape index (κ3) is 2.68. The summed E-state index contributed by atoms with van der Waals surface area (Å²) in [6, 6.07) is 1.59. The Bertz CT molecular complexity index is 260. The van der Waals surface area contributed by atoms with Gasteiger partial charge in [-0.05, 0) is 44.4 Å². The van der Waals surface area contributed by atoms with Crippen molar-refractivity contribution in [3.63, 3.8) is 0 Å². The predicted octanol–water partition coefficient (Wildman–Crippen LogP) is 3.26. The average Bonchev–Trinajstić information content (AvgIpc) is 2.87. The van der Waals surface area contributed by atoms with E-state index in [1.54, 1.807) is 0 Å². The first-order valence-electron chi connectivity index (χ1n) is 7.71. The molecule has 0 aromatic heterocycles. The standard InChI is InChI=1S/C15H27NO/c1-2-5-12-10-14(12)16-13-6-9-17-15(11-13)7-3-4-8-15/h12-14,16H,2-11H2,1H3. The molecule has 1 spiro atoms. The molecule has 0 amide bonds. The van der Waals surface area contributed by atoms with Crippen LogP contribution in [0.15, 0.2) is 0 Å². The topological polar surface area (TPSA) is 21.3 Å². The molecule has 1 heterocycles. The van der Waals surface area contributed by atoms with E-state index in [0.717, 1.165) is 24.6 Å². The molecule has 2 nitrogen and oxygen atoms in total. The highest BCUT2D eigenvalue weighted by molar-refractivity contribution is 4.99. The van der Waals surface area contributed by atoms with E-state index >= 15 is 0 Å².